The number of rotatable bonds is 11. The highest BCUT2D eigenvalue weighted by Crippen LogP contribution is 2.44. The highest BCUT2D eigenvalue weighted by atomic mass is 28.4. The molecule has 0 aromatic carbocycles. The van der Waals surface area contributed by atoms with Crippen LogP contribution < -0.4 is 0 Å². The number of carbonyl (C=O) groups is 1. The van der Waals surface area contributed by atoms with Crippen molar-refractivity contribution in [2.24, 2.45) is 35.5 Å². The number of carbonyl (C=O) groups excluding carboxylic acids is 1. The molecule has 0 bridgehead atoms. The molecule has 0 fully saturated rings. The molecule has 66 heavy (non-hydrogen) atoms. The lowest BCUT2D eigenvalue weighted by Gasteiger charge is -2.44. The first-order valence-corrected chi connectivity index (χ1v) is 37.5. The molecule has 10 heteroatoms. The van der Waals surface area contributed by atoms with Gasteiger partial charge in [-0.25, -0.2) is 4.79 Å². The molecule has 0 spiro atoms. The second kappa shape index (κ2) is 24.8. The van der Waals surface area contributed by atoms with Gasteiger partial charge in [-0.2, -0.15) is 0 Å². The fourth-order valence-corrected chi connectivity index (χ4v) is 13.4. The fourth-order valence-electron chi connectivity index (χ4n) is 7.80. The molecular weight excluding hydrogens is 881 g/mol. The lowest BCUT2D eigenvalue weighted by molar-refractivity contribution is -0.150. The largest absolute Gasteiger partial charge is 0.458 e. The second-order valence-corrected chi connectivity index (χ2v) is 45.8. The Labute approximate surface area is 414 Å². The Balaban J connectivity index is 4.21. The van der Waals surface area contributed by atoms with Crippen molar-refractivity contribution in [1.82, 2.24) is 0 Å². The van der Waals surface area contributed by atoms with Gasteiger partial charge in [0.05, 0.1) is 24.4 Å². The van der Waals surface area contributed by atoms with Crippen molar-refractivity contribution in [2.45, 2.75) is 253 Å². The van der Waals surface area contributed by atoms with Gasteiger partial charge in [0, 0.05) is 24.3 Å². The summed E-state index contributed by atoms with van der Waals surface area (Å²) in [5.74, 6) is 0.522. The third-order valence-electron chi connectivity index (χ3n) is 16.7. The van der Waals surface area contributed by atoms with E-state index in [2.05, 4.69) is 208 Å². The maximum atomic E-state index is 13.9. The van der Waals surface area contributed by atoms with E-state index in [1.807, 2.05) is 18.2 Å². The number of esters is 1. The van der Waals surface area contributed by atoms with E-state index in [9.17, 15) is 4.79 Å². The molecule has 11 atom stereocenters. The average Bonchev–Trinajstić information content (AvgIpc) is 3.14. The third-order valence-corrected chi connectivity index (χ3v) is 34.6. The van der Waals surface area contributed by atoms with Crippen LogP contribution in [-0.4, -0.2) is 69.8 Å². The van der Waals surface area contributed by atoms with Crippen LogP contribution in [0.4, 0.5) is 0 Å². The smallest absolute Gasteiger partial charge is 0.331 e. The number of ether oxygens (including phenoxy) is 1. The number of allylic oxidation sites excluding steroid dienone is 4. The van der Waals surface area contributed by atoms with Gasteiger partial charge in [-0.1, -0.05) is 180 Å². The lowest BCUT2D eigenvalue weighted by atomic mass is 9.82. The molecule has 0 aromatic heterocycles. The third kappa shape index (κ3) is 19.2. The number of hydrogen-bond donors (Lipinski definition) is 0. The van der Waals surface area contributed by atoms with Gasteiger partial charge < -0.3 is 22.4 Å². The minimum absolute atomic E-state index is 0.0296. The zero-order chi connectivity index (χ0) is 51.7. The van der Waals surface area contributed by atoms with Crippen molar-refractivity contribution >= 4 is 39.2 Å². The van der Waals surface area contributed by atoms with Crippen LogP contribution >= 0.6 is 0 Å². The molecule has 0 aliphatic carbocycles. The van der Waals surface area contributed by atoms with Gasteiger partial charge in [-0.05, 0) is 115 Å². The van der Waals surface area contributed by atoms with Crippen LogP contribution in [0.5, 0.6) is 0 Å². The van der Waals surface area contributed by atoms with E-state index in [-0.39, 0.29) is 74.2 Å². The second-order valence-electron chi connectivity index (χ2n) is 26.8. The molecule has 0 amide bonds. The molecule has 1 heterocycles. The standard InChI is InChI=1S/C56H108O6Si4/c1-28-29-32-43(4)52-46(7)48(60-64(22,23)54(11,12)13)38-35-41(2)39-45(6)51(62-66(26,27)56(17,18)19)44(5)36-37-47(59-63(20,21)53(8,9)10)40-49(61-65(24,25)55(14,15)16)42(3)33-30-31-34-50(57)58-52/h28-34,36-37,41-49,51-52H,1,35,38-40H2,2-27H3/b32-29?,33-30+,34-31-,37-36-/t41-,42-,43-,44-,45+,46+,47+,48+,49-,51-,52-/m0/s1. The summed E-state index contributed by atoms with van der Waals surface area (Å²) in [5, 5.41) is 0.176. The summed E-state index contributed by atoms with van der Waals surface area (Å²) < 4.78 is 36.1. The minimum Gasteiger partial charge on any atom is -0.458 e. The van der Waals surface area contributed by atoms with E-state index in [0.29, 0.717) is 11.8 Å². The van der Waals surface area contributed by atoms with Crippen LogP contribution in [0, 0.1) is 35.5 Å². The Bertz CT molecular complexity index is 1620. The van der Waals surface area contributed by atoms with Crippen molar-refractivity contribution in [1.29, 1.82) is 0 Å². The fraction of sp³-hybridized carbons (Fsp3) is 0.804. The first-order valence-electron chi connectivity index (χ1n) is 25.8. The van der Waals surface area contributed by atoms with E-state index in [4.69, 9.17) is 22.4 Å². The zero-order valence-electron chi connectivity index (χ0n) is 48.0. The first kappa shape index (κ1) is 62.9. The molecule has 1 aliphatic rings. The molecule has 1 aliphatic heterocycles. The van der Waals surface area contributed by atoms with E-state index in [0.717, 1.165) is 25.7 Å². The molecule has 0 unspecified atom stereocenters. The molecule has 0 radical (unpaired) electrons. The maximum Gasteiger partial charge on any atom is 0.331 e. The van der Waals surface area contributed by atoms with Crippen LogP contribution in [0.1, 0.15) is 150 Å². The Kier molecular flexibility index (Phi) is 23.6. The summed E-state index contributed by atoms with van der Waals surface area (Å²) in [6.07, 6.45) is 21.2. The van der Waals surface area contributed by atoms with Crippen molar-refractivity contribution < 1.29 is 27.2 Å². The highest BCUT2D eigenvalue weighted by Gasteiger charge is 2.45. The topological polar surface area (TPSA) is 63.2 Å². The summed E-state index contributed by atoms with van der Waals surface area (Å²) in [6.45, 7) is 64.5. The van der Waals surface area contributed by atoms with Gasteiger partial charge in [0.15, 0.2) is 33.3 Å². The Hall–Kier alpha value is -1.12. The summed E-state index contributed by atoms with van der Waals surface area (Å²) in [6, 6.07) is 0. The quantitative estimate of drug-likeness (QED) is 0.0890. The van der Waals surface area contributed by atoms with Crippen molar-refractivity contribution in [3.05, 3.63) is 61.3 Å². The van der Waals surface area contributed by atoms with Crippen LogP contribution in [-0.2, 0) is 27.2 Å². The summed E-state index contributed by atoms with van der Waals surface area (Å²) >= 11 is 0. The van der Waals surface area contributed by atoms with Crippen LogP contribution in [0.2, 0.25) is 72.5 Å². The van der Waals surface area contributed by atoms with Gasteiger partial charge >= 0.3 is 5.97 Å². The van der Waals surface area contributed by atoms with E-state index >= 15 is 0 Å². The number of hydrogen-bond acceptors (Lipinski definition) is 6. The van der Waals surface area contributed by atoms with Crippen molar-refractivity contribution in [3.63, 3.8) is 0 Å². The highest BCUT2D eigenvalue weighted by molar-refractivity contribution is 6.75. The Morgan fingerprint density at radius 3 is 1.58 bits per heavy atom. The minimum atomic E-state index is -2.21. The van der Waals surface area contributed by atoms with E-state index in [1.165, 1.54) is 0 Å². The summed E-state index contributed by atoms with van der Waals surface area (Å²) in [7, 11) is -8.76. The van der Waals surface area contributed by atoms with Gasteiger partial charge in [-0.3, -0.25) is 0 Å². The Morgan fingerprint density at radius 1 is 0.621 bits per heavy atom. The summed E-state index contributed by atoms with van der Waals surface area (Å²) in [4.78, 5) is 13.9. The van der Waals surface area contributed by atoms with Gasteiger partial charge in [0.1, 0.15) is 6.10 Å². The van der Waals surface area contributed by atoms with Gasteiger partial charge in [-0.15, -0.1) is 0 Å². The van der Waals surface area contributed by atoms with Gasteiger partial charge in [0.25, 0.3) is 0 Å². The normalized spacial score (nSPS) is 30.7. The lowest BCUT2D eigenvalue weighted by Crippen LogP contribution is -2.48. The maximum absolute atomic E-state index is 13.9. The SMILES string of the molecule is C=CC=C[C@H](C)[C@@H]1OC(=O)/C=C\C=C\[C@H](C)[C@@H](O[Si](C)(C)C(C)(C)C)C[C@H](O[Si](C)(C)C(C)(C)C)/C=C\[C@H](C)[C@H](O[Si](C)(C)C(C)(C)C)[C@H](C)C[C@@H](C)CC[C@@H](O[Si](C)(C)C(C)(C)C)[C@H]1C. The zero-order valence-corrected chi connectivity index (χ0v) is 52.0. The van der Waals surface area contributed by atoms with Gasteiger partial charge in [0.2, 0.25) is 0 Å². The van der Waals surface area contributed by atoms with Crippen LogP contribution in [0.15, 0.2) is 61.3 Å². The molecule has 1 rings (SSSR count). The Morgan fingerprint density at radius 2 is 1.09 bits per heavy atom. The molecule has 0 saturated heterocycles. The first-order chi connectivity index (χ1) is 29.6. The predicted octanol–water partition coefficient (Wildman–Crippen LogP) is 17.3. The summed E-state index contributed by atoms with van der Waals surface area (Å²) in [5.41, 5.74) is 0. The average molecular weight is 990 g/mol. The number of cyclic esters (lactones) is 1. The van der Waals surface area contributed by atoms with Crippen molar-refractivity contribution in [3.8, 4) is 0 Å². The molecule has 0 N–H and O–H groups in total. The van der Waals surface area contributed by atoms with Crippen LogP contribution in [0.25, 0.3) is 0 Å². The molecule has 0 saturated carbocycles. The monoisotopic (exact) mass is 989 g/mol. The predicted molar refractivity (Wildman–Crippen MR) is 298 cm³/mol. The molecule has 6 nitrogen and oxygen atoms in total. The molecular formula is C56H108O6Si4. The molecule has 384 valence electrons. The van der Waals surface area contributed by atoms with Crippen molar-refractivity contribution in [2.75, 3.05) is 0 Å². The van der Waals surface area contributed by atoms with E-state index < -0.39 is 39.4 Å². The van der Waals surface area contributed by atoms with Crippen LogP contribution in [0.3, 0.4) is 0 Å². The molecule has 0 aromatic rings. The van der Waals surface area contributed by atoms with E-state index in [1.54, 1.807) is 12.2 Å².